The number of nitrogens with two attached hydrogens (primary N) is 1. The maximum Gasteiger partial charge on any atom is 0.00980 e. The number of fused-ring (bicyclic) bond motifs is 2. The Labute approximate surface area is 130 Å². The minimum atomic E-state index is 0.812. The first-order valence-corrected chi connectivity index (χ1v) is 9.49. The van der Waals surface area contributed by atoms with Crippen molar-refractivity contribution in [3.8, 4) is 0 Å². The Bertz CT molecular complexity index is 299. The van der Waals surface area contributed by atoms with E-state index in [1.165, 1.54) is 77.4 Å². The smallest absolute Gasteiger partial charge is 0.00980 e. The van der Waals surface area contributed by atoms with E-state index in [1.54, 1.807) is 0 Å². The molecule has 0 spiro atoms. The fourth-order valence-electron chi connectivity index (χ4n) is 4.97. The van der Waals surface area contributed by atoms with Crippen LogP contribution in [-0.2, 0) is 0 Å². The summed E-state index contributed by atoms with van der Waals surface area (Å²) in [5.41, 5.74) is 5.76. The molecule has 0 aromatic heterocycles. The van der Waals surface area contributed by atoms with Gasteiger partial charge in [-0.15, -0.1) is 0 Å². The molecule has 0 aromatic carbocycles. The molecule has 3 aliphatic carbocycles. The molecule has 122 valence electrons. The van der Waals surface area contributed by atoms with Crippen LogP contribution in [-0.4, -0.2) is 32.2 Å². The Hall–Kier alpha value is -0.120. The van der Waals surface area contributed by atoms with E-state index in [0.29, 0.717) is 0 Å². The molecular weight excluding hydrogens is 258 g/mol. The maximum absolute atomic E-state index is 5.76. The standard InChI is InChI=1S/C18H35N3/c19-12-14-2-4-15(5-3-14)13-20-8-1-9-21-18-11-16-6-7-17(18)10-16/h14-18,20-21H,1-13,19H2. The molecule has 0 radical (unpaired) electrons. The second-order valence-corrected chi connectivity index (χ2v) is 7.92. The lowest BCUT2D eigenvalue weighted by molar-refractivity contribution is 0.272. The predicted molar refractivity (Wildman–Crippen MR) is 89.2 cm³/mol. The van der Waals surface area contributed by atoms with Gasteiger partial charge in [-0.2, -0.15) is 0 Å². The van der Waals surface area contributed by atoms with E-state index in [9.17, 15) is 0 Å². The van der Waals surface area contributed by atoms with E-state index in [4.69, 9.17) is 5.73 Å². The van der Waals surface area contributed by atoms with Gasteiger partial charge in [0.25, 0.3) is 0 Å². The Kier molecular flexibility index (Phi) is 5.96. The summed E-state index contributed by atoms with van der Waals surface area (Å²) in [4.78, 5) is 0. The van der Waals surface area contributed by atoms with Gasteiger partial charge in [0, 0.05) is 6.04 Å². The fraction of sp³-hybridized carbons (Fsp3) is 1.00. The van der Waals surface area contributed by atoms with Crippen molar-refractivity contribution in [3.63, 3.8) is 0 Å². The van der Waals surface area contributed by atoms with Crippen LogP contribution in [0.1, 0.15) is 57.8 Å². The summed E-state index contributed by atoms with van der Waals surface area (Å²) in [5, 5.41) is 7.49. The predicted octanol–water partition coefficient (Wildman–Crippen LogP) is 2.51. The van der Waals surface area contributed by atoms with Crippen molar-refractivity contribution in [2.45, 2.75) is 63.8 Å². The quantitative estimate of drug-likeness (QED) is 0.603. The molecular formula is C18H35N3. The zero-order valence-corrected chi connectivity index (χ0v) is 13.7. The monoisotopic (exact) mass is 293 g/mol. The van der Waals surface area contributed by atoms with E-state index in [-0.39, 0.29) is 0 Å². The molecule has 0 amide bonds. The molecule has 0 saturated heterocycles. The van der Waals surface area contributed by atoms with E-state index in [0.717, 1.165) is 36.3 Å². The van der Waals surface area contributed by atoms with Crippen LogP contribution in [0.3, 0.4) is 0 Å². The highest BCUT2D eigenvalue weighted by Gasteiger charge is 2.38. The van der Waals surface area contributed by atoms with Crippen molar-refractivity contribution in [3.05, 3.63) is 0 Å². The van der Waals surface area contributed by atoms with Crippen LogP contribution in [0.15, 0.2) is 0 Å². The van der Waals surface area contributed by atoms with E-state index < -0.39 is 0 Å². The summed E-state index contributed by atoms with van der Waals surface area (Å²) < 4.78 is 0. The number of hydrogen-bond donors (Lipinski definition) is 3. The number of hydrogen-bond acceptors (Lipinski definition) is 3. The SMILES string of the molecule is NCC1CCC(CNCCCNC2CC3CCC2C3)CC1. The van der Waals surface area contributed by atoms with Gasteiger partial charge in [0.1, 0.15) is 0 Å². The van der Waals surface area contributed by atoms with Crippen LogP contribution in [0.5, 0.6) is 0 Å². The van der Waals surface area contributed by atoms with Crippen LogP contribution >= 0.6 is 0 Å². The molecule has 0 aromatic rings. The lowest BCUT2D eigenvalue weighted by Crippen LogP contribution is -2.36. The van der Waals surface area contributed by atoms with Crippen LogP contribution in [0, 0.1) is 23.7 Å². The van der Waals surface area contributed by atoms with Gasteiger partial charge in [-0.05, 0) is 101 Å². The summed E-state index contributed by atoms with van der Waals surface area (Å²) >= 11 is 0. The third-order valence-electron chi connectivity index (χ3n) is 6.41. The molecule has 4 N–H and O–H groups in total. The van der Waals surface area contributed by atoms with E-state index >= 15 is 0 Å². The van der Waals surface area contributed by atoms with Crippen molar-refractivity contribution in [1.29, 1.82) is 0 Å². The fourth-order valence-corrected chi connectivity index (χ4v) is 4.97. The van der Waals surface area contributed by atoms with Gasteiger partial charge in [0.05, 0.1) is 0 Å². The number of rotatable bonds is 8. The van der Waals surface area contributed by atoms with Gasteiger partial charge in [-0.3, -0.25) is 0 Å². The highest BCUT2D eigenvalue weighted by molar-refractivity contribution is 4.93. The van der Waals surface area contributed by atoms with E-state index in [1.807, 2.05) is 0 Å². The lowest BCUT2D eigenvalue weighted by atomic mass is 9.82. The minimum Gasteiger partial charge on any atom is -0.330 e. The molecule has 3 saturated carbocycles. The normalized spacial score (nSPS) is 39.0. The van der Waals surface area contributed by atoms with Crippen molar-refractivity contribution < 1.29 is 0 Å². The third kappa shape index (κ3) is 4.43. The molecule has 2 bridgehead atoms. The Morgan fingerprint density at radius 1 is 0.857 bits per heavy atom. The van der Waals surface area contributed by atoms with E-state index in [2.05, 4.69) is 10.6 Å². The van der Waals surface area contributed by atoms with Gasteiger partial charge in [-0.1, -0.05) is 6.42 Å². The van der Waals surface area contributed by atoms with Crippen LogP contribution in [0.25, 0.3) is 0 Å². The Morgan fingerprint density at radius 2 is 1.67 bits per heavy atom. The molecule has 3 aliphatic rings. The van der Waals surface area contributed by atoms with Gasteiger partial charge in [0.2, 0.25) is 0 Å². The molecule has 3 unspecified atom stereocenters. The first kappa shape index (κ1) is 15.8. The van der Waals surface area contributed by atoms with Gasteiger partial charge in [0.15, 0.2) is 0 Å². The summed E-state index contributed by atoms with van der Waals surface area (Å²) in [7, 11) is 0. The van der Waals surface area contributed by atoms with Crippen molar-refractivity contribution in [2.75, 3.05) is 26.2 Å². The Balaban J connectivity index is 1.17. The second kappa shape index (κ2) is 7.94. The molecule has 3 nitrogen and oxygen atoms in total. The molecule has 3 atom stereocenters. The average Bonchev–Trinajstić information content (AvgIpc) is 3.14. The maximum atomic E-state index is 5.76. The van der Waals surface area contributed by atoms with Gasteiger partial charge >= 0.3 is 0 Å². The zero-order chi connectivity index (χ0) is 14.5. The molecule has 3 heteroatoms. The first-order chi connectivity index (χ1) is 10.3. The largest absolute Gasteiger partial charge is 0.330 e. The summed E-state index contributed by atoms with van der Waals surface area (Å²) in [6.45, 7) is 4.52. The first-order valence-electron chi connectivity index (χ1n) is 9.49. The topological polar surface area (TPSA) is 50.1 Å². The van der Waals surface area contributed by atoms with Crippen molar-refractivity contribution in [2.24, 2.45) is 29.4 Å². The van der Waals surface area contributed by atoms with Crippen molar-refractivity contribution >= 4 is 0 Å². The molecule has 21 heavy (non-hydrogen) atoms. The lowest BCUT2D eigenvalue weighted by Gasteiger charge is -2.27. The molecule has 0 heterocycles. The average molecular weight is 293 g/mol. The summed E-state index contributed by atoms with van der Waals surface area (Å²) in [6, 6.07) is 0.857. The van der Waals surface area contributed by atoms with Gasteiger partial charge < -0.3 is 16.4 Å². The third-order valence-corrected chi connectivity index (χ3v) is 6.41. The van der Waals surface area contributed by atoms with Crippen LogP contribution < -0.4 is 16.4 Å². The zero-order valence-electron chi connectivity index (χ0n) is 13.7. The Morgan fingerprint density at radius 3 is 2.33 bits per heavy atom. The van der Waals surface area contributed by atoms with Crippen molar-refractivity contribution in [1.82, 2.24) is 10.6 Å². The summed E-state index contributed by atoms with van der Waals surface area (Å²) in [5.74, 6) is 3.80. The number of nitrogens with one attached hydrogen (secondary N) is 2. The summed E-state index contributed by atoms with van der Waals surface area (Å²) in [6.07, 6.45) is 12.7. The van der Waals surface area contributed by atoms with Crippen LogP contribution in [0.4, 0.5) is 0 Å². The highest BCUT2D eigenvalue weighted by atomic mass is 14.9. The van der Waals surface area contributed by atoms with Crippen LogP contribution in [0.2, 0.25) is 0 Å². The molecule has 3 fully saturated rings. The highest BCUT2D eigenvalue weighted by Crippen LogP contribution is 2.44. The molecule has 0 aliphatic heterocycles. The molecule has 3 rings (SSSR count). The minimum absolute atomic E-state index is 0.812. The van der Waals surface area contributed by atoms with Gasteiger partial charge in [-0.25, -0.2) is 0 Å². The second-order valence-electron chi connectivity index (χ2n) is 7.92.